The van der Waals surface area contributed by atoms with Gasteiger partial charge in [-0.1, -0.05) is 34.1 Å². The summed E-state index contributed by atoms with van der Waals surface area (Å²) in [6, 6.07) is 0. The number of hydrogen-bond acceptors (Lipinski definition) is 5. The molecule has 0 aromatic heterocycles. The first-order valence-corrected chi connectivity index (χ1v) is 8.29. The third-order valence-electron chi connectivity index (χ3n) is 3.86. The van der Waals surface area contributed by atoms with Crippen LogP contribution in [-0.2, 0) is 0 Å². The summed E-state index contributed by atoms with van der Waals surface area (Å²) in [4.78, 5) is 0. The molecule has 0 aromatic rings. The van der Waals surface area contributed by atoms with E-state index in [-0.39, 0.29) is 25.1 Å². The van der Waals surface area contributed by atoms with E-state index in [1.807, 2.05) is 13.8 Å². The highest BCUT2D eigenvalue weighted by Crippen LogP contribution is 2.28. The predicted molar refractivity (Wildman–Crippen MR) is 89.7 cm³/mol. The molecule has 0 amide bonds. The fourth-order valence-corrected chi connectivity index (χ4v) is 2.04. The number of aliphatic hydroxyl groups excluding tert-OH is 5. The average molecular weight is 320 g/mol. The third kappa shape index (κ3) is 13.1. The zero-order chi connectivity index (χ0) is 17.5. The first-order valence-electron chi connectivity index (χ1n) is 8.29. The summed E-state index contributed by atoms with van der Waals surface area (Å²) in [7, 11) is 0. The zero-order valence-electron chi connectivity index (χ0n) is 14.6. The molecule has 3 atom stereocenters. The van der Waals surface area contributed by atoms with Gasteiger partial charge >= 0.3 is 0 Å². The van der Waals surface area contributed by atoms with Crippen molar-refractivity contribution in [3.05, 3.63) is 11.8 Å². The minimum atomic E-state index is -0.509. The summed E-state index contributed by atoms with van der Waals surface area (Å²) < 4.78 is 0. The van der Waals surface area contributed by atoms with Gasteiger partial charge in [0.05, 0.1) is 31.2 Å². The van der Waals surface area contributed by atoms with Crippen LogP contribution in [0.5, 0.6) is 0 Å². The molecule has 3 unspecified atom stereocenters. The third-order valence-corrected chi connectivity index (χ3v) is 3.86. The van der Waals surface area contributed by atoms with Gasteiger partial charge in [-0.2, -0.15) is 0 Å². The van der Waals surface area contributed by atoms with Crippen molar-refractivity contribution in [2.75, 3.05) is 13.2 Å². The van der Waals surface area contributed by atoms with Crippen molar-refractivity contribution in [1.29, 1.82) is 0 Å². The molecule has 1 saturated carbocycles. The SMILES string of the molecule is CC/C(O)=C/CO.CC1CCCC(C)C1O.CCC(O)CO. The minimum Gasteiger partial charge on any atom is -0.513 e. The molecular weight excluding hydrogens is 284 g/mol. The normalized spacial score (nSPS) is 26.2. The maximum absolute atomic E-state index is 9.45. The van der Waals surface area contributed by atoms with E-state index in [0.717, 1.165) is 0 Å². The molecule has 134 valence electrons. The lowest BCUT2D eigenvalue weighted by atomic mass is 9.81. The van der Waals surface area contributed by atoms with Crippen LogP contribution in [0.4, 0.5) is 0 Å². The van der Waals surface area contributed by atoms with E-state index in [1.165, 1.54) is 25.3 Å². The summed E-state index contributed by atoms with van der Waals surface area (Å²) >= 11 is 0. The van der Waals surface area contributed by atoms with Crippen molar-refractivity contribution >= 4 is 0 Å². The fraction of sp³-hybridized carbons (Fsp3) is 0.882. The van der Waals surface area contributed by atoms with Gasteiger partial charge in [0.1, 0.15) is 0 Å². The summed E-state index contributed by atoms with van der Waals surface area (Å²) in [5.74, 6) is 1.32. The number of rotatable bonds is 4. The monoisotopic (exact) mass is 320 g/mol. The molecule has 1 fully saturated rings. The molecule has 1 aliphatic carbocycles. The Morgan fingerprint density at radius 2 is 1.64 bits per heavy atom. The largest absolute Gasteiger partial charge is 0.513 e. The van der Waals surface area contributed by atoms with E-state index >= 15 is 0 Å². The van der Waals surface area contributed by atoms with Crippen LogP contribution in [0.1, 0.15) is 59.8 Å². The molecule has 0 bridgehead atoms. The van der Waals surface area contributed by atoms with Crippen molar-refractivity contribution in [2.45, 2.75) is 72.0 Å². The van der Waals surface area contributed by atoms with Gasteiger partial charge in [-0.25, -0.2) is 0 Å². The Balaban J connectivity index is 0. The van der Waals surface area contributed by atoms with E-state index in [0.29, 0.717) is 24.7 Å². The van der Waals surface area contributed by atoms with Gasteiger partial charge in [0.2, 0.25) is 0 Å². The molecule has 0 spiro atoms. The fourth-order valence-electron chi connectivity index (χ4n) is 2.04. The Morgan fingerprint density at radius 3 is 1.82 bits per heavy atom. The highest BCUT2D eigenvalue weighted by molar-refractivity contribution is 4.88. The van der Waals surface area contributed by atoms with Crippen LogP contribution in [0.3, 0.4) is 0 Å². The van der Waals surface area contributed by atoms with Crippen LogP contribution < -0.4 is 0 Å². The molecule has 0 aromatic carbocycles. The van der Waals surface area contributed by atoms with E-state index in [4.69, 9.17) is 20.4 Å². The van der Waals surface area contributed by atoms with Crippen molar-refractivity contribution in [1.82, 2.24) is 0 Å². The Bertz CT molecular complexity index is 254. The zero-order valence-corrected chi connectivity index (χ0v) is 14.6. The quantitative estimate of drug-likeness (QED) is 0.512. The second kappa shape index (κ2) is 15.3. The van der Waals surface area contributed by atoms with Crippen molar-refractivity contribution in [2.24, 2.45) is 11.8 Å². The maximum atomic E-state index is 9.45. The van der Waals surface area contributed by atoms with E-state index in [2.05, 4.69) is 13.8 Å². The van der Waals surface area contributed by atoms with E-state index in [1.54, 1.807) is 0 Å². The predicted octanol–water partition coefficient (Wildman–Crippen LogP) is 2.38. The first kappa shape index (κ1) is 23.6. The minimum absolute atomic E-state index is 0.0289. The van der Waals surface area contributed by atoms with Gasteiger partial charge in [-0.05, 0) is 37.2 Å². The smallest absolute Gasteiger partial charge is 0.0902 e. The van der Waals surface area contributed by atoms with Crippen LogP contribution >= 0.6 is 0 Å². The number of aliphatic hydroxyl groups is 5. The molecule has 0 saturated heterocycles. The molecule has 5 nitrogen and oxygen atoms in total. The lowest BCUT2D eigenvalue weighted by Gasteiger charge is -2.29. The maximum Gasteiger partial charge on any atom is 0.0902 e. The van der Waals surface area contributed by atoms with Crippen molar-refractivity contribution in [3.8, 4) is 0 Å². The highest BCUT2D eigenvalue weighted by Gasteiger charge is 2.24. The van der Waals surface area contributed by atoms with Gasteiger partial charge in [0, 0.05) is 6.42 Å². The van der Waals surface area contributed by atoms with E-state index < -0.39 is 6.10 Å². The summed E-state index contributed by atoms with van der Waals surface area (Å²) in [6.45, 7) is 7.74. The lowest BCUT2D eigenvalue weighted by molar-refractivity contribution is 0.0334. The topological polar surface area (TPSA) is 101 Å². The van der Waals surface area contributed by atoms with Crippen LogP contribution in [-0.4, -0.2) is 51.0 Å². The molecule has 1 rings (SSSR count). The summed E-state index contributed by atoms with van der Waals surface area (Å²) in [6.07, 6.45) is 5.80. The Labute approximate surface area is 135 Å². The Morgan fingerprint density at radius 1 is 1.14 bits per heavy atom. The lowest BCUT2D eigenvalue weighted by Crippen LogP contribution is -2.29. The molecule has 1 aliphatic rings. The number of allylic oxidation sites excluding steroid dienone is 1. The van der Waals surface area contributed by atoms with Gasteiger partial charge in [-0.3, -0.25) is 0 Å². The second-order valence-electron chi connectivity index (χ2n) is 5.85. The summed E-state index contributed by atoms with van der Waals surface area (Å²) in [5.41, 5.74) is 0. The Kier molecular flexibility index (Phi) is 16.4. The highest BCUT2D eigenvalue weighted by atomic mass is 16.3. The van der Waals surface area contributed by atoms with Gasteiger partial charge < -0.3 is 25.5 Å². The number of hydrogen-bond donors (Lipinski definition) is 5. The molecule has 5 heteroatoms. The van der Waals surface area contributed by atoms with Crippen molar-refractivity contribution < 1.29 is 25.5 Å². The summed E-state index contributed by atoms with van der Waals surface area (Å²) in [5, 5.41) is 42.6. The molecule has 22 heavy (non-hydrogen) atoms. The average Bonchev–Trinajstić information content (AvgIpc) is 2.53. The van der Waals surface area contributed by atoms with Gasteiger partial charge in [0.25, 0.3) is 0 Å². The van der Waals surface area contributed by atoms with Crippen LogP contribution in [0.2, 0.25) is 0 Å². The second-order valence-corrected chi connectivity index (χ2v) is 5.85. The van der Waals surface area contributed by atoms with Crippen LogP contribution in [0, 0.1) is 11.8 Å². The van der Waals surface area contributed by atoms with E-state index in [9.17, 15) is 5.11 Å². The Hall–Kier alpha value is -0.620. The van der Waals surface area contributed by atoms with Gasteiger partial charge in [0.15, 0.2) is 0 Å². The van der Waals surface area contributed by atoms with Crippen LogP contribution in [0.25, 0.3) is 0 Å². The van der Waals surface area contributed by atoms with Crippen molar-refractivity contribution in [3.63, 3.8) is 0 Å². The van der Waals surface area contributed by atoms with Crippen LogP contribution in [0.15, 0.2) is 11.8 Å². The van der Waals surface area contributed by atoms with Gasteiger partial charge in [-0.15, -0.1) is 0 Å². The molecule has 0 radical (unpaired) electrons. The molecule has 0 aliphatic heterocycles. The first-order chi connectivity index (χ1) is 10.3. The molecular formula is C17H36O5. The molecule has 5 N–H and O–H groups in total. The molecule has 0 heterocycles. The standard InChI is InChI=1S/C8H16O.C5H10O2.C4H10O2/c1-6-4-3-5-7(2)8(6)9;1-2-5(7)3-4-6;1-2-4(6)3-5/h6-9H,3-5H2,1-2H3;3,6-7H,2,4H2,1H3;4-6H,2-3H2,1H3/b;5-3-;.